The van der Waals surface area contributed by atoms with E-state index in [9.17, 15) is 4.79 Å². The predicted molar refractivity (Wildman–Crippen MR) is 79.5 cm³/mol. The number of nitrogens with one attached hydrogen (secondary N) is 1. The molecular formula is C17H15NO. The van der Waals surface area contributed by atoms with E-state index in [4.69, 9.17) is 0 Å². The van der Waals surface area contributed by atoms with Crippen molar-refractivity contribution in [1.82, 2.24) is 4.98 Å². The van der Waals surface area contributed by atoms with E-state index in [1.807, 2.05) is 56.3 Å². The van der Waals surface area contributed by atoms with Crippen LogP contribution in [0.5, 0.6) is 0 Å². The molecular weight excluding hydrogens is 234 g/mol. The number of rotatable bonds is 1. The lowest BCUT2D eigenvalue weighted by molar-refractivity contribution is 1.21. The number of fused-ring (bicyclic) bond motifs is 1. The Labute approximate surface area is 111 Å². The van der Waals surface area contributed by atoms with Gasteiger partial charge in [0.1, 0.15) is 0 Å². The highest BCUT2D eigenvalue weighted by atomic mass is 16.1. The third-order valence-electron chi connectivity index (χ3n) is 3.56. The van der Waals surface area contributed by atoms with Gasteiger partial charge in [-0.15, -0.1) is 0 Å². The quantitative estimate of drug-likeness (QED) is 0.699. The molecule has 0 spiro atoms. The Morgan fingerprint density at radius 2 is 1.63 bits per heavy atom. The number of hydrogen-bond acceptors (Lipinski definition) is 1. The van der Waals surface area contributed by atoms with Crippen molar-refractivity contribution in [3.05, 3.63) is 70.0 Å². The molecule has 0 amide bonds. The molecule has 0 radical (unpaired) electrons. The minimum atomic E-state index is -0.0133. The first-order valence-corrected chi connectivity index (χ1v) is 6.36. The minimum Gasteiger partial charge on any atom is -0.321 e. The molecule has 3 rings (SSSR count). The second-order valence-electron chi connectivity index (χ2n) is 4.82. The molecule has 0 saturated carbocycles. The first kappa shape index (κ1) is 11.7. The predicted octanol–water partition coefficient (Wildman–Crippen LogP) is 3.81. The van der Waals surface area contributed by atoms with Crippen molar-refractivity contribution in [2.24, 2.45) is 0 Å². The fourth-order valence-electron chi connectivity index (χ4n) is 2.59. The summed E-state index contributed by atoms with van der Waals surface area (Å²) in [6, 6.07) is 16.1. The first-order valence-electron chi connectivity index (χ1n) is 6.36. The van der Waals surface area contributed by atoms with Crippen LogP contribution in [0.1, 0.15) is 11.1 Å². The fourth-order valence-corrected chi connectivity index (χ4v) is 2.59. The molecule has 3 aromatic rings. The smallest absolute Gasteiger partial charge is 0.251 e. The van der Waals surface area contributed by atoms with Crippen LogP contribution in [0.25, 0.3) is 22.0 Å². The molecule has 19 heavy (non-hydrogen) atoms. The number of benzene rings is 2. The van der Waals surface area contributed by atoms with Gasteiger partial charge in [0, 0.05) is 10.9 Å². The zero-order chi connectivity index (χ0) is 13.4. The molecule has 94 valence electrons. The van der Waals surface area contributed by atoms with Crippen LogP contribution in [0.2, 0.25) is 0 Å². The van der Waals surface area contributed by atoms with Crippen LogP contribution in [-0.4, -0.2) is 4.98 Å². The minimum absolute atomic E-state index is 0.0133. The van der Waals surface area contributed by atoms with Gasteiger partial charge in [-0.1, -0.05) is 48.5 Å². The van der Waals surface area contributed by atoms with Gasteiger partial charge in [-0.05, 0) is 30.4 Å². The van der Waals surface area contributed by atoms with E-state index in [0.29, 0.717) is 0 Å². The second kappa shape index (κ2) is 4.39. The monoisotopic (exact) mass is 249 g/mol. The maximum absolute atomic E-state index is 12.1. The lowest BCUT2D eigenvalue weighted by Crippen LogP contribution is -2.11. The third-order valence-corrected chi connectivity index (χ3v) is 3.56. The molecule has 0 saturated heterocycles. The molecule has 2 nitrogen and oxygen atoms in total. The number of hydrogen-bond donors (Lipinski definition) is 1. The Morgan fingerprint density at radius 1 is 0.895 bits per heavy atom. The standard InChI is InChI=1S/C17H15NO/c1-11-7-6-10-14-15(11)12(2)17(19)18-16(14)13-8-4-3-5-9-13/h3-10H,1-2H3,(H,18,19). The molecule has 0 aliphatic heterocycles. The summed E-state index contributed by atoms with van der Waals surface area (Å²) in [5.41, 5.74) is 3.84. The van der Waals surface area contributed by atoms with E-state index in [-0.39, 0.29) is 5.56 Å². The van der Waals surface area contributed by atoms with Crippen LogP contribution in [0.15, 0.2) is 53.3 Å². The van der Waals surface area contributed by atoms with Crippen LogP contribution >= 0.6 is 0 Å². The van der Waals surface area contributed by atoms with E-state index >= 15 is 0 Å². The number of H-pyrrole nitrogens is 1. The highest BCUT2D eigenvalue weighted by Gasteiger charge is 2.10. The van der Waals surface area contributed by atoms with Gasteiger partial charge in [0.2, 0.25) is 0 Å². The zero-order valence-corrected chi connectivity index (χ0v) is 11.0. The Balaban J connectivity index is 2.48. The summed E-state index contributed by atoms with van der Waals surface area (Å²) in [6.45, 7) is 3.92. The zero-order valence-electron chi connectivity index (χ0n) is 11.0. The Hall–Kier alpha value is -2.35. The molecule has 0 bridgehead atoms. The van der Waals surface area contributed by atoms with Gasteiger partial charge in [0.25, 0.3) is 5.56 Å². The summed E-state index contributed by atoms with van der Waals surface area (Å²) in [4.78, 5) is 15.1. The normalized spacial score (nSPS) is 10.8. The third kappa shape index (κ3) is 1.85. The van der Waals surface area contributed by atoms with Crippen LogP contribution in [0.4, 0.5) is 0 Å². The van der Waals surface area contributed by atoms with E-state index in [1.165, 1.54) is 0 Å². The molecule has 1 heterocycles. The average molecular weight is 249 g/mol. The summed E-state index contributed by atoms with van der Waals surface area (Å²) in [6.07, 6.45) is 0. The van der Waals surface area contributed by atoms with Gasteiger partial charge in [-0.3, -0.25) is 4.79 Å². The average Bonchev–Trinajstić information content (AvgIpc) is 2.43. The molecule has 1 aromatic heterocycles. The van der Waals surface area contributed by atoms with Crippen LogP contribution in [-0.2, 0) is 0 Å². The summed E-state index contributed by atoms with van der Waals surface area (Å²) in [5.74, 6) is 0. The van der Waals surface area contributed by atoms with Crippen LogP contribution in [0, 0.1) is 13.8 Å². The molecule has 0 atom stereocenters. The molecule has 0 unspecified atom stereocenters. The summed E-state index contributed by atoms with van der Waals surface area (Å²) in [5, 5.41) is 2.16. The molecule has 0 aliphatic rings. The van der Waals surface area contributed by atoms with Gasteiger partial charge in [-0.2, -0.15) is 0 Å². The summed E-state index contributed by atoms with van der Waals surface area (Å²) >= 11 is 0. The van der Waals surface area contributed by atoms with Gasteiger partial charge in [0.05, 0.1) is 5.69 Å². The first-order chi connectivity index (χ1) is 9.18. The number of aromatic amines is 1. The molecule has 1 N–H and O–H groups in total. The Kier molecular flexibility index (Phi) is 2.71. The van der Waals surface area contributed by atoms with Crippen LogP contribution < -0.4 is 5.56 Å². The SMILES string of the molecule is Cc1cccc2c(-c3ccccc3)[nH]c(=O)c(C)c12. The van der Waals surface area contributed by atoms with Gasteiger partial charge in [-0.25, -0.2) is 0 Å². The molecule has 2 heteroatoms. The van der Waals surface area contributed by atoms with Crippen molar-refractivity contribution in [2.75, 3.05) is 0 Å². The molecule has 2 aromatic carbocycles. The largest absolute Gasteiger partial charge is 0.321 e. The lowest BCUT2D eigenvalue weighted by Gasteiger charge is -2.11. The van der Waals surface area contributed by atoms with E-state index < -0.39 is 0 Å². The summed E-state index contributed by atoms with van der Waals surface area (Å²) < 4.78 is 0. The second-order valence-corrected chi connectivity index (χ2v) is 4.82. The lowest BCUT2D eigenvalue weighted by atomic mass is 9.98. The van der Waals surface area contributed by atoms with Crippen molar-refractivity contribution in [3.8, 4) is 11.3 Å². The van der Waals surface area contributed by atoms with E-state index in [1.54, 1.807) is 0 Å². The molecule has 0 aliphatic carbocycles. The Bertz CT molecular complexity index is 801. The van der Waals surface area contributed by atoms with Crippen molar-refractivity contribution in [1.29, 1.82) is 0 Å². The van der Waals surface area contributed by atoms with Crippen molar-refractivity contribution in [3.63, 3.8) is 0 Å². The number of aryl methyl sites for hydroxylation is 2. The highest BCUT2D eigenvalue weighted by Crippen LogP contribution is 2.28. The van der Waals surface area contributed by atoms with Gasteiger partial charge in [0.15, 0.2) is 0 Å². The van der Waals surface area contributed by atoms with Crippen molar-refractivity contribution in [2.45, 2.75) is 13.8 Å². The van der Waals surface area contributed by atoms with Crippen molar-refractivity contribution < 1.29 is 0 Å². The van der Waals surface area contributed by atoms with Gasteiger partial charge < -0.3 is 4.98 Å². The highest BCUT2D eigenvalue weighted by molar-refractivity contribution is 5.98. The van der Waals surface area contributed by atoms with Crippen LogP contribution in [0.3, 0.4) is 0 Å². The summed E-state index contributed by atoms with van der Waals surface area (Å²) in [7, 11) is 0. The number of aromatic nitrogens is 1. The van der Waals surface area contributed by atoms with Crippen molar-refractivity contribution >= 4 is 10.8 Å². The van der Waals surface area contributed by atoms with Gasteiger partial charge >= 0.3 is 0 Å². The number of pyridine rings is 1. The van der Waals surface area contributed by atoms with E-state index in [2.05, 4.69) is 11.1 Å². The molecule has 0 fully saturated rings. The topological polar surface area (TPSA) is 32.9 Å². The van der Waals surface area contributed by atoms with E-state index in [0.717, 1.165) is 33.2 Å². The Morgan fingerprint density at radius 3 is 2.37 bits per heavy atom. The maximum Gasteiger partial charge on any atom is 0.251 e. The maximum atomic E-state index is 12.1. The fraction of sp³-hybridized carbons (Fsp3) is 0.118.